The van der Waals surface area contributed by atoms with Gasteiger partial charge in [-0.2, -0.15) is 11.8 Å². The molecule has 3 N–H and O–H groups in total. The minimum Gasteiger partial charge on any atom is -0.388 e. The molecule has 0 saturated carbocycles. The smallest absolute Gasteiger partial charge is 0.0833 e. The van der Waals surface area contributed by atoms with Crippen LogP contribution in [0.15, 0.2) is 30.5 Å². The Bertz CT molecular complexity index is 507. The van der Waals surface area contributed by atoms with Gasteiger partial charge in [-0.3, -0.25) is 0 Å². The van der Waals surface area contributed by atoms with Gasteiger partial charge >= 0.3 is 0 Å². The topological polar surface area (TPSA) is 48.0 Å². The number of rotatable bonds is 6. The summed E-state index contributed by atoms with van der Waals surface area (Å²) in [4.78, 5) is 3.18. The lowest BCUT2D eigenvalue weighted by molar-refractivity contribution is 0.0846. The second-order valence-electron chi connectivity index (χ2n) is 4.93. The van der Waals surface area contributed by atoms with Crippen LogP contribution in [0.2, 0.25) is 0 Å². The van der Waals surface area contributed by atoms with Crippen molar-refractivity contribution in [3.8, 4) is 0 Å². The van der Waals surface area contributed by atoms with Gasteiger partial charge in [-0.15, -0.1) is 0 Å². The van der Waals surface area contributed by atoms with Crippen LogP contribution in [0, 0.1) is 0 Å². The van der Waals surface area contributed by atoms with E-state index in [9.17, 15) is 5.11 Å². The Kier molecular flexibility index (Phi) is 4.32. The molecule has 1 atom stereocenters. The lowest BCUT2D eigenvalue weighted by Crippen LogP contribution is -2.39. The van der Waals surface area contributed by atoms with Crippen molar-refractivity contribution in [1.29, 1.82) is 0 Å². The minimum atomic E-state index is -0.641. The van der Waals surface area contributed by atoms with Gasteiger partial charge in [0.15, 0.2) is 0 Å². The first-order valence-electron chi connectivity index (χ1n) is 6.09. The first-order valence-corrected chi connectivity index (χ1v) is 7.48. The Labute approximate surface area is 112 Å². The zero-order valence-corrected chi connectivity index (χ0v) is 11.7. The Morgan fingerprint density at radius 2 is 2.22 bits per heavy atom. The van der Waals surface area contributed by atoms with Crippen molar-refractivity contribution < 1.29 is 5.11 Å². The van der Waals surface area contributed by atoms with Gasteiger partial charge in [0.05, 0.1) is 5.60 Å². The first kappa shape index (κ1) is 13.5. The maximum absolute atomic E-state index is 10.0. The van der Waals surface area contributed by atoms with Gasteiger partial charge in [-0.25, -0.2) is 0 Å². The number of thioether (sulfide) groups is 1. The monoisotopic (exact) mass is 264 g/mol. The largest absolute Gasteiger partial charge is 0.388 e. The van der Waals surface area contributed by atoms with E-state index in [1.165, 1.54) is 10.9 Å². The SMILES string of the molecule is CSCC(C)(O)CNCc1ccc2[nH]ccc2c1. The molecule has 0 aliphatic carbocycles. The average Bonchev–Trinajstić information content (AvgIpc) is 2.75. The highest BCUT2D eigenvalue weighted by atomic mass is 32.2. The first-order chi connectivity index (χ1) is 8.61. The second-order valence-corrected chi connectivity index (χ2v) is 5.80. The number of hydrogen-bond acceptors (Lipinski definition) is 3. The van der Waals surface area contributed by atoms with Gasteiger partial charge in [0.25, 0.3) is 0 Å². The third-order valence-corrected chi connectivity index (χ3v) is 3.82. The average molecular weight is 264 g/mol. The van der Waals surface area contributed by atoms with Crippen LogP contribution in [0.3, 0.4) is 0 Å². The molecule has 1 unspecified atom stereocenters. The molecule has 18 heavy (non-hydrogen) atoms. The van der Waals surface area contributed by atoms with Crippen LogP contribution in [0.25, 0.3) is 10.9 Å². The van der Waals surface area contributed by atoms with Gasteiger partial charge in [0.2, 0.25) is 0 Å². The van der Waals surface area contributed by atoms with Crippen molar-refractivity contribution in [3.05, 3.63) is 36.0 Å². The fraction of sp³-hybridized carbons (Fsp3) is 0.429. The van der Waals surface area contributed by atoms with Crippen LogP contribution < -0.4 is 5.32 Å². The molecular formula is C14H20N2OS. The fourth-order valence-electron chi connectivity index (χ4n) is 2.05. The van der Waals surface area contributed by atoms with E-state index in [0.717, 1.165) is 17.8 Å². The molecule has 4 heteroatoms. The van der Waals surface area contributed by atoms with Crippen LogP contribution >= 0.6 is 11.8 Å². The summed E-state index contributed by atoms with van der Waals surface area (Å²) in [5.74, 6) is 0.747. The number of aromatic nitrogens is 1. The van der Waals surface area contributed by atoms with E-state index in [0.29, 0.717) is 6.54 Å². The zero-order valence-electron chi connectivity index (χ0n) is 10.9. The fourth-order valence-corrected chi connectivity index (χ4v) is 2.77. The van der Waals surface area contributed by atoms with Crippen LogP contribution in [-0.4, -0.2) is 34.2 Å². The number of aliphatic hydroxyl groups is 1. The molecule has 3 nitrogen and oxygen atoms in total. The van der Waals surface area contributed by atoms with Crippen molar-refractivity contribution in [1.82, 2.24) is 10.3 Å². The van der Waals surface area contributed by atoms with Crippen molar-refractivity contribution >= 4 is 22.7 Å². The van der Waals surface area contributed by atoms with Crippen molar-refractivity contribution in [2.75, 3.05) is 18.6 Å². The molecule has 2 aromatic rings. The number of hydrogen-bond donors (Lipinski definition) is 3. The summed E-state index contributed by atoms with van der Waals surface area (Å²) in [7, 11) is 0. The van der Waals surface area contributed by atoms with Gasteiger partial charge in [-0.05, 0) is 42.3 Å². The van der Waals surface area contributed by atoms with E-state index in [1.54, 1.807) is 11.8 Å². The molecule has 1 aromatic heterocycles. The van der Waals surface area contributed by atoms with Crippen LogP contribution in [-0.2, 0) is 6.54 Å². The quantitative estimate of drug-likeness (QED) is 0.751. The zero-order chi connectivity index (χ0) is 13.0. The Balaban J connectivity index is 1.90. The van der Waals surface area contributed by atoms with E-state index in [2.05, 4.69) is 34.6 Å². The summed E-state index contributed by atoms with van der Waals surface area (Å²) in [6.45, 7) is 3.26. The number of aromatic amines is 1. The van der Waals surface area contributed by atoms with E-state index in [-0.39, 0.29) is 0 Å². The maximum Gasteiger partial charge on any atom is 0.0833 e. The molecule has 1 aromatic carbocycles. The predicted octanol–water partition coefficient (Wildman–Crippen LogP) is 2.37. The summed E-state index contributed by atoms with van der Waals surface area (Å²) >= 11 is 1.66. The Morgan fingerprint density at radius 3 is 3.00 bits per heavy atom. The lowest BCUT2D eigenvalue weighted by atomic mass is 10.1. The highest BCUT2D eigenvalue weighted by Gasteiger charge is 2.18. The van der Waals surface area contributed by atoms with Gasteiger partial charge in [0, 0.05) is 30.6 Å². The minimum absolute atomic E-state index is 0.610. The standard InChI is InChI=1S/C14H20N2OS/c1-14(17,10-18-2)9-15-8-11-3-4-13-12(7-11)5-6-16-13/h3-7,15-17H,8-10H2,1-2H3. The number of fused-ring (bicyclic) bond motifs is 1. The van der Waals surface area contributed by atoms with Gasteiger partial charge in [-0.1, -0.05) is 6.07 Å². The number of benzene rings is 1. The van der Waals surface area contributed by atoms with Crippen LogP contribution in [0.1, 0.15) is 12.5 Å². The van der Waals surface area contributed by atoms with E-state index >= 15 is 0 Å². The lowest BCUT2D eigenvalue weighted by Gasteiger charge is -2.22. The molecule has 0 fully saturated rings. The third-order valence-electron chi connectivity index (χ3n) is 2.91. The van der Waals surface area contributed by atoms with E-state index in [4.69, 9.17) is 0 Å². The van der Waals surface area contributed by atoms with Crippen molar-refractivity contribution in [2.24, 2.45) is 0 Å². The van der Waals surface area contributed by atoms with Crippen molar-refractivity contribution in [2.45, 2.75) is 19.1 Å². The molecule has 0 saturated heterocycles. The summed E-state index contributed by atoms with van der Waals surface area (Å²) in [5, 5.41) is 14.6. The van der Waals surface area contributed by atoms with Gasteiger partial charge < -0.3 is 15.4 Å². The molecular weight excluding hydrogens is 244 g/mol. The highest BCUT2D eigenvalue weighted by Crippen LogP contribution is 2.14. The van der Waals surface area contributed by atoms with Crippen molar-refractivity contribution in [3.63, 3.8) is 0 Å². The molecule has 0 amide bonds. The number of H-pyrrole nitrogens is 1. The summed E-state index contributed by atoms with van der Waals surface area (Å²) in [5.41, 5.74) is 1.76. The number of nitrogens with one attached hydrogen (secondary N) is 2. The molecule has 2 rings (SSSR count). The molecule has 0 aliphatic heterocycles. The molecule has 98 valence electrons. The van der Waals surface area contributed by atoms with Gasteiger partial charge in [0.1, 0.15) is 0 Å². The Hall–Kier alpha value is -0.970. The molecule has 0 bridgehead atoms. The highest BCUT2D eigenvalue weighted by molar-refractivity contribution is 7.98. The summed E-state index contributed by atoms with van der Waals surface area (Å²) in [6.07, 6.45) is 3.96. The van der Waals surface area contributed by atoms with Crippen LogP contribution in [0.5, 0.6) is 0 Å². The van der Waals surface area contributed by atoms with Crippen LogP contribution in [0.4, 0.5) is 0 Å². The molecule has 1 heterocycles. The summed E-state index contributed by atoms with van der Waals surface area (Å²) < 4.78 is 0. The summed E-state index contributed by atoms with van der Waals surface area (Å²) in [6, 6.07) is 8.44. The van der Waals surface area contributed by atoms with E-state index < -0.39 is 5.60 Å². The van der Waals surface area contributed by atoms with E-state index in [1.807, 2.05) is 19.4 Å². The third kappa shape index (κ3) is 3.51. The normalized spacial score (nSPS) is 14.8. The molecule has 0 radical (unpaired) electrons. The predicted molar refractivity (Wildman–Crippen MR) is 79.0 cm³/mol. The molecule has 0 spiro atoms. The molecule has 0 aliphatic rings. The maximum atomic E-state index is 10.0. The second kappa shape index (κ2) is 5.78. The Morgan fingerprint density at radius 1 is 1.39 bits per heavy atom.